The van der Waals surface area contributed by atoms with Gasteiger partial charge in [0.1, 0.15) is 5.82 Å². The van der Waals surface area contributed by atoms with Gasteiger partial charge in [-0.3, -0.25) is 4.79 Å². The van der Waals surface area contributed by atoms with Gasteiger partial charge in [-0.1, -0.05) is 19.9 Å². The lowest BCUT2D eigenvalue weighted by molar-refractivity contribution is -0.116. The van der Waals surface area contributed by atoms with E-state index in [1.54, 1.807) is 12.3 Å². The van der Waals surface area contributed by atoms with Crippen molar-refractivity contribution in [1.82, 2.24) is 15.6 Å². The fourth-order valence-electron chi connectivity index (χ4n) is 1.46. The minimum atomic E-state index is -0.252. The first kappa shape index (κ1) is 16.9. The number of anilines is 1. The highest BCUT2D eigenvalue weighted by Crippen LogP contribution is 2.04. The van der Waals surface area contributed by atoms with Crippen molar-refractivity contribution in [3.8, 4) is 0 Å². The summed E-state index contributed by atoms with van der Waals surface area (Å²) in [6.07, 6.45) is 1.90. The van der Waals surface area contributed by atoms with Crippen molar-refractivity contribution in [2.45, 2.75) is 40.2 Å². The van der Waals surface area contributed by atoms with Crippen LogP contribution >= 0.6 is 0 Å². The lowest BCUT2D eigenvalue weighted by atomic mass is 10.1. The summed E-state index contributed by atoms with van der Waals surface area (Å²) in [5.41, 5.74) is 1.03. The van der Waals surface area contributed by atoms with Crippen molar-refractivity contribution in [3.05, 3.63) is 23.9 Å². The first-order valence-electron chi connectivity index (χ1n) is 7.15. The molecule has 0 aliphatic rings. The molecule has 3 amide bonds. The fourth-order valence-corrected chi connectivity index (χ4v) is 1.46. The van der Waals surface area contributed by atoms with Gasteiger partial charge in [0.15, 0.2) is 0 Å². The number of nitrogens with one attached hydrogen (secondary N) is 3. The number of urea groups is 1. The maximum Gasteiger partial charge on any atom is 0.315 e. The van der Waals surface area contributed by atoms with E-state index in [1.807, 2.05) is 33.8 Å². The molecule has 0 bridgehead atoms. The number of hydrogen-bond acceptors (Lipinski definition) is 3. The molecule has 0 saturated heterocycles. The second kappa shape index (κ2) is 8.24. The summed E-state index contributed by atoms with van der Waals surface area (Å²) in [7, 11) is 0. The molecule has 0 aromatic carbocycles. The Labute approximate surface area is 125 Å². The predicted octanol–water partition coefficient (Wildman–Crippen LogP) is 2.06. The summed E-state index contributed by atoms with van der Waals surface area (Å²) in [5.74, 6) is 0.707. The van der Waals surface area contributed by atoms with Gasteiger partial charge in [-0.25, -0.2) is 9.78 Å². The number of hydrogen-bond donors (Lipinski definition) is 3. The normalized spacial score (nSPS) is 11.9. The number of aromatic nitrogens is 1. The Kier molecular flexibility index (Phi) is 6.65. The van der Waals surface area contributed by atoms with Crippen molar-refractivity contribution in [3.63, 3.8) is 0 Å². The highest BCUT2D eigenvalue weighted by atomic mass is 16.2. The minimum Gasteiger partial charge on any atom is -0.338 e. The van der Waals surface area contributed by atoms with Crippen LogP contribution in [0, 0.1) is 12.8 Å². The standard InChI is InChI=1S/C15H24N4O2/c1-10(2)12(4)18-15(21)16-8-7-14(20)19-13-6-5-11(3)9-17-13/h5-6,9-10,12H,7-8H2,1-4H3,(H2,16,18,21)(H,17,19,20)/t12-/m0/s1. The monoisotopic (exact) mass is 292 g/mol. The van der Waals surface area contributed by atoms with E-state index < -0.39 is 0 Å². The molecule has 0 unspecified atom stereocenters. The van der Waals surface area contributed by atoms with Crippen LogP contribution in [-0.4, -0.2) is 29.5 Å². The van der Waals surface area contributed by atoms with Crippen molar-refractivity contribution in [2.75, 3.05) is 11.9 Å². The molecular formula is C15H24N4O2. The van der Waals surface area contributed by atoms with Gasteiger partial charge < -0.3 is 16.0 Å². The Balaban J connectivity index is 2.24. The first-order valence-corrected chi connectivity index (χ1v) is 7.15. The Morgan fingerprint density at radius 1 is 1.24 bits per heavy atom. The van der Waals surface area contributed by atoms with Gasteiger partial charge in [0.05, 0.1) is 0 Å². The van der Waals surface area contributed by atoms with E-state index in [0.717, 1.165) is 5.56 Å². The van der Waals surface area contributed by atoms with Gasteiger partial charge in [0.25, 0.3) is 0 Å². The highest BCUT2D eigenvalue weighted by Gasteiger charge is 2.10. The number of aryl methyl sites for hydroxylation is 1. The van der Waals surface area contributed by atoms with E-state index in [1.165, 1.54) is 0 Å². The Morgan fingerprint density at radius 2 is 1.95 bits per heavy atom. The summed E-state index contributed by atoms with van der Waals surface area (Å²) in [6.45, 7) is 8.23. The van der Waals surface area contributed by atoms with E-state index >= 15 is 0 Å². The van der Waals surface area contributed by atoms with Gasteiger partial charge in [0, 0.05) is 25.2 Å². The van der Waals surface area contributed by atoms with E-state index in [9.17, 15) is 9.59 Å². The number of nitrogens with zero attached hydrogens (tertiary/aromatic N) is 1. The van der Waals surface area contributed by atoms with Crippen LogP contribution in [0.15, 0.2) is 18.3 Å². The van der Waals surface area contributed by atoms with Crippen molar-refractivity contribution >= 4 is 17.8 Å². The lowest BCUT2D eigenvalue weighted by Gasteiger charge is -2.17. The molecule has 116 valence electrons. The van der Waals surface area contributed by atoms with Crippen LogP contribution in [0.1, 0.15) is 32.8 Å². The average Bonchev–Trinajstić information content (AvgIpc) is 2.41. The SMILES string of the molecule is Cc1ccc(NC(=O)CCNC(=O)N[C@@H](C)C(C)C)nc1. The topological polar surface area (TPSA) is 83.1 Å². The Bertz CT molecular complexity index is 471. The summed E-state index contributed by atoms with van der Waals surface area (Å²) >= 11 is 0. The average molecular weight is 292 g/mol. The number of amides is 3. The van der Waals surface area contributed by atoms with Crippen LogP contribution < -0.4 is 16.0 Å². The maximum absolute atomic E-state index is 11.7. The summed E-state index contributed by atoms with van der Waals surface area (Å²) in [4.78, 5) is 27.3. The molecule has 0 saturated carbocycles. The molecule has 0 spiro atoms. The molecule has 0 aliphatic carbocycles. The van der Waals surface area contributed by atoms with Gasteiger partial charge in [-0.15, -0.1) is 0 Å². The molecule has 6 nitrogen and oxygen atoms in total. The third kappa shape index (κ3) is 6.74. The van der Waals surface area contributed by atoms with Crippen LogP contribution in [0.4, 0.5) is 10.6 Å². The zero-order valence-electron chi connectivity index (χ0n) is 13.1. The van der Waals surface area contributed by atoms with E-state index in [-0.39, 0.29) is 30.9 Å². The van der Waals surface area contributed by atoms with E-state index in [0.29, 0.717) is 11.7 Å². The van der Waals surface area contributed by atoms with Crippen LogP contribution in [0.2, 0.25) is 0 Å². The largest absolute Gasteiger partial charge is 0.338 e. The summed E-state index contributed by atoms with van der Waals surface area (Å²) in [5, 5.41) is 8.16. The smallest absolute Gasteiger partial charge is 0.315 e. The minimum absolute atomic E-state index is 0.0931. The van der Waals surface area contributed by atoms with Gasteiger partial charge in [-0.05, 0) is 31.4 Å². The predicted molar refractivity (Wildman–Crippen MR) is 83.1 cm³/mol. The molecule has 1 aromatic heterocycles. The lowest BCUT2D eigenvalue weighted by Crippen LogP contribution is -2.43. The molecule has 21 heavy (non-hydrogen) atoms. The highest BCUT2D eigenvalue weighted by molar-refractivity contribution is 5.90. The van der Waals surface area contributed by atoms with E-state index in [2.05, 4.69) is 20.9 Å². The number of carbonyl (C=O) groups excluding carboxylic acids is 2. The molecule has 6 heteroatoms. The Morgan fingerprint density at radius 3 is 2.52 bits per heavy atom. The molecule has 1 aromatic rings. The molecule has 0 radical (unpaired) electrons. The third-order valence-electron chi connectivity index (χ3n) is 3.18. The van der Waals surface area contributed by atoms with Crippen molar-refractivity contribution in [2.24, 2.45) is 5.92 Å². The molecule has 0 fully saturated rings. The van der Waals surface area contributed by atoms with Crippen LogP contribution in [0.5, 0.6) is 0 Å². The maximum atomic E-state index is 11.7. The number of carbonyl (C=O) groups is 2. The molecule has 0 aliphatic heterocycles. The molecular weight excluding hydrogens is 268 g/mol. The van der Waals surface area contributed by atoms with E-state index in [4.69, 9.17) is 0 Å². The van der Waals surface area contributed by atoms with Crippen LogP contribution in [-0.2, 0) is 4.79 Å². The second-order valence-corrected chi connectivity index (χ2v) is 5.45. The molecule has 3 N–H and O–H groups in total. The molecule has 1 heterocycles. The fraction of sp³-hybridized carbons (Fsp3) is 0.533. The zero-order chi connectivity index (χ0) is 15.8. The first-order chi connectivity index (χ1) is 9.88. The van der Waals surface area contributed by atoms with Crippen molar-refractivity contribution < 1.29 is 9.59 Å². The molecule has 1 rings (SSSR count). The van der Waals surface area contributed by atoms with Crippen LogP contribution in [0.25, 0.3) is 0 Å². The number of rotatable bonds is 6. The number of pyridine rings is 1. The van der Waals surface area contributed by atoms with Gasteiger partial charge in [-0.2, -0.15) is 0 Å². The molecule has 1 atom stereocenters. The zero-order valence-corrected chi connectivity index (χ0v) is 13.1. The van der Waals surface area contributed by atoms with Crippen LogP contribution in [0.3, 0.4) is 0 Å². The van der Waals surface area contributed by atoms with Gasteiger partial charge >= 0.3 is 6.03 Å². The Hall–Kier alpha value is -2.11. The summed E-state index contributed by atoms with van der Waals surface area (Å²) in [6, 6.07) is 3.47. The summed E-state index contributed by atoms with van der Waals surface area (Å²) < 4.78 is 0. The second-order valence-electron chi connectivity index (χ2n) is 5.45. The van der Waals surface area contributed by atoms with Gasteiger partial charge in [0.2, 0.25) is 5.91 Å². The third-order valence-corrected chi connectivity index (χ3v) is 3.18. The quantitative estimate of drug-likeness (QED) is 0.750. The van der Waals surface area contributed by atoms with Crippen molar-refractivity contribution in [1.29, 1.82) is 0 Å².